The van der Waals surface area contributed by atoms with Gasteiger partial charge in [0, 0.05) is 25.2 Å². The molecule has 0 bridgehead atoms. The summed E-state index contributed by atoms with van der Waals surface area (Å²) in [5.41, 5.74) is 6.17. The lowest BCUT2D eigenvalue weighted by Gasteiger charge is -2.37. The van der Waals surface area contributed by atoms with Gasteiger partial charge in [-0.1, -0.05) is 12.8 Å². The van der Waals surface area contributed by atoms with Crippen LogP contribution in [-0.4, -0.2) is 43.3 Å². The topological polar surface area (TPSA) is 38.5 Å². The zero-order chi connectivity index (χ0) is 10.7. The van der Waals surface area contributed by atoms with Crippen molar-refractivity contribution in [2.45, 2.75) is 56.7 Å². The monoisotopic (exact) mass is 212 g/mol. The molecule has 0 spiro atoms. The maximum absolute atomic E-state index is 6.17. The lowest BCUT2D eigenvalue weighted by molar-refractivity contribution is 0.0565. The summed E-state index contributed by atoms with van der Waals surface area (Å²) in [6, 6.07) is 0.966. The molecular weight excluding hydrogens is 188 g/mol. The van der Waals surface area contributed by atoms with Crippen molar-refractivity contribution < 1.29 is 4.74 Å². The summed E-state index contributed by atoms with van der Waals surface area (Å²) in [7, 11) is 2.21. The Bertz CT molecular complexity index is 192. The van der Waals surface area contributed by atoms with E-state index < -0.39 is 0 Å². The van der Waals surface area contributed by atoms with Crippen LogP contribution < -0.4 is 5.73 Å². The average Bonchev–Trinajstić information content (AvgIpc) is 2.71. The van der Waals surface area contributed by atoms with Crippen LogP contribution in [0.15, 0.2) is 0 Å². The van der Waals surface area contributed by atoms with Crippen LogP contribution >= 0.6 is 0 Å². The zero-order valence-electron chi connectivity index (χ0n) is 9.82. The molecule has 3 heteroatoms. The number of ether oxygens (including phenoxy) is 1. The molecule has 0 amide bonds. The first-order valence-corrected chi connectivity index (χ1v) is 6.35. The van der Waals surface area contributed by atoms with Gasteiger partial charge >= 0.3 is 0 Å². The molecule has 0 radical (unpaired) electrons. The molecule has 1 saturated heterocycles. The molecule has 2 aliphatic rings. The van der Waals surface area contributed by atoms with Crippen LogP contribution in [0.25, 0.3) is 0 Å². The van der Waals surface area contributed by atoms with Gasteiger partial charge in [0.15, 0.2) is 0 Å². The molecule has 2 N–H and O–H groups in total. The number of rotatable bonds is 3. The minimum Gasteiger partial charge on any atom is -0.377 e. The largest absolute Gasteiger partial charge is 0.377 e. The first-order chi connectivity index (χ1) is 7.27. The first-order valence-electron chi connectivity index (χ1n) is 6.35. The Hall–Kier alpha value is -0.120. The second-order valence-electron chi connectivity index (χ2n) is 5.09. The van der Waals surface area contributed by atoms with Crippen molar-refractivity contribution in [3.63, 3.8) is 0 Å². The van der Waals surface area contributed by atoms with Gasteiger partial charge in [-0.15, -0.1) is 0 Å². The van der Waals surface area contributed by atoms with Gasteiger partial charge in [-0.25, -0.2) is 0 Å². The summed E-state index contributed by atoms with van der Waals surface area (Å²) in [6.07, 6.45) is 8.04. The van der Waals surface area contributed by atoms with Crippen LogP contribution in [0.4, 0.5) is 0 Å². The van der Waals surface area contributed by atoms with Crippen molar-refractivity contribution in [2.24, 2.45) is 5.73 Å². The van der Waals surface area contributed by atoms with E-state index in [0.717, 1.165) is 13.2 Å². The molecule has 15 heavy (non-hydrogen) atoms. The van der Waals surface area contributed by atoms with Crippen LogP contribution in [-0.2, 0) is 4.74 Å². The molecular formula is C12H24N2O. The van der Waals surface area contributed by atoms with Crippen LogP contribution in [0.1, 0.15) is 38.5 Å². The standard InChI is InChI=1S/C12H24N2O/c1-14(9-10-5-4-8-15-10)12-7-3-2-6-11(12)13/h10-12H,2-9,13H2,1H3/t10-,11-,12+/m0/s1. The summed E-state index contributed by atoms with van der Waals surface area (Å²) < 4.78 is 5.67. The van der Waals surface area contributed by atoms with E-state index in [1.165, 1.54) is 38.5 Å². The van der Waals surface area contributed by atoms with Gasteiger partial charge in [0.05, 0.1) is 6.10 Å². The molecule has 0 aromatic rings. The number of hydrogen-bond donors (Lipinski definition) is 1. The maximum atomic E-state index is 6.17. The normalized spacial score (nSPS) is 37.4. The highest BCUT2D eigenvalue weighted by Crippen LogP contribution is 2.22. The lowest BCUT2D eigenvalue weighted by Crippen LogP contribution is -2.49. The number of nitrogens with two attached hydrogens (primary N) is 1. The summed E-state index contributed by atoms with van der Waals surface area (Å²) in [5.74, 6) is 0. The summed E-state index contributed by atoms with van der Waals surface area (Å²) in [6.45, 7) is 2.02. The van der Waals surface area contributed by atoms with E-state index in [9.17, 15) is 0 Å². The third-order valence-corrected chi connectivity index (χ3v) is 3.86. The Morgan fingerprint density at radius 3 is 2.67 bits per heavy atom. The van der Waals surface area contributed by atoms with Crippen molar-refractivity contribution in [3.8, 4) is 0 Å². The van der Waals surface area contributed by atoms with E-state index in [1.54, 1.807) is 0 Å². The highest BCUT2D eigenvalue weighted by Gasteiger charge is 2.27. The fourth-order valence-corrected chi connectivity index (χ4v) is 2.93. The molecule has 0 aromatic heterocycles. The molecule has 1 heterocycles. The fraction of sp³-hybridized carbons (Fsp3) is 1.00. The minimum atomic E-state index is 0.380. The molecule has 1 aliphatic heterocycles. The van der Waals surface area contributed by atoms with E-state index in [4.69, 9.17) is 10.5 Å². The van der Waals surface area contributed by atoms with Gasteiger partial charge in [-0.2, -0.15) is 0 Å². The Kier molecular flexibility index (Phi) is 4.00. The smallest absolute Gasteiger partial charge is 0.0702 e. The van der Waals surface area contributed by atoms with Crippen LogP contribution in [0.2, 0.25) is 0 Å². The van der Waals surface area contributed by atoms with Crippen LogP contribution in [0.3, 0.4) is 0 Å². The number of likely N-dealkylation sites (N-methyl/N-ethyl adjacent to an activating group) is 1. The Morgan fingerprint density at radius 1 is 1.20 bits per heavy atom. The van der Waals surface area contributed by atoms with Gasteiger partial charge in [-0.3, -0.25) is 4.90 Å². The zero-order valence-corrected chi connectivity index (χ0v) is 9.82. The Labute approximate surface area is 93.0 Å². The number of nitrogens with zero attached hydrogens (tertiary/aromatic N) is 1. The van der Waals surface area contributed by atoms with Gasteiger partial charge < -0.3 is 10.5 Å². The van der Waals surface area contributed by atoms with E-state index >= 15 is 0 Å². The van der Waals surface area contributed by atoms with Gasteiger partial charge in [0.1, 0.15) is 0 Å². The molecule has 2 fully saturated rings. The predicted octanol–water partition coefficient (Wildman–Crippen LogP) is 1.37. The van der Waals surface area contributed by atoms with Crippen molar-refractivity contribution in [1.29, 1.82) is 0 Å². The molecule has 0 unspecified atom stereocenters. The Morgan fingerprint density at radius 2 is 2.00 bits per heavy atom. The van der Waals surface area contributed by atoms with E-state index in [-0.39, 0.29) is 0 Å². The highest BCUT2D eigenvalue weighted by molar-refractivity contribution is 4.86. The first kappa shape index (κ1) is 11.4. The van der Waals surface area contributed by atoms with Crippen molar-refractivity contribution in [3.05, 3.63) is 0 Å². The second kappa shape index (κ2) is 5.28. The summed E-state index contributed by atoms with van der Waals surface area (Å²) in [5, 5.41) is 0. The Balaban J connectivity index is 1.80. The van der Waals surface area contributed by atoms with E-state index in [0.29, 0.717) is 18.2 Å². The van der Waals surface area contributed by atoms with Crippen molar-refractivity contribution >= 4 is 0 Å². The average molecular weight is 212 g/mol. The third kappa shape index (κ3) is 2.92. The molecule has 0 aromatic carbocycles. The quantitative estimate of drug-likeness (QED) is 0.768. The molecule has 1 aliphatic carbocycles. The SMILES string of the molecule is CN(C[C@@H]1CCCO1)[C@@H]1CCCC[C@@H]1N. The molecule has 3 atom stereocenters. The van der Waals surface area contributed by atoms with Crippen molar-refractivity contribution in [2.75, 3.05) is 20.2 Å². The van der Waals surface area contributed by atoms with Crippen molar-refractivity contribution in [1.82, 2.24) is 4.90 Å². The van der Waals surface area contributed by atoms with Gasteiger partial charge in [-0.05, 0) is 32.7 Å². The third-order valence-electron chi connectivity index (χ3n) is 3.86. The predicted molar refractivity (Wildman–Crippen MR) is 61.8 cm³/mol. The molecule has 88 valence electrons. The summed E-state index contributed by atoms with van der Waals surface area (Å²) in [4.78, 5) is 2.43. The van der Waals surface area contributed by atoms with Crippen LogP contribution in [0, 0.1) is 0 Å². The van der Waals surface area contributed by atoms with E-state index in [1.807, 2.05) is 0 Å². The maximum Gasteiger partial charge on any atom is 0.0702 e. The lowest BCUT2D eigenvalue weighted by atomic mass is 9.90. The fourth-order valence-electron chi connectivity index (χ4n) is 2.93. The number of hydrogen-bond acceptors (Lipinski definition) is 3. The molecule has 1 saturated carbocycles. The van der Waals surface area contributed by atoms with Gasteiger partial charge in [0.25, 0.3) is 0 Å². The highest BCUT2D eigenvalue weighted by atomic mass is 16.5. The molecule has 2 rings (SSSR count). The minimum absolute atomic E-state index is 0.380. The summed E-state index contributed by atoms with van der Waals surface area (Å²) >= 11 is 0. The van der Waals surface area contributed by atoms with Crippen LogP contribution in [0.5, 0.6) is 0 Å². The second-order valence-corrected chi connectivity index (χ2v) is 5.09. The van der Waals surface area contributed by atoms with E-state index in [2.05, 4.69) is 11.9 Å². The molecule has 3 nitrogen and oxygen atoms in total. The van der Waals surface area contributed by atoms with Gasteiger partial charge in [0.2, 0.25) is 0 Å².